The lowest BCUT2D eigenvalue weighted by atomic mass is 9.84. The summed E-state index contributed by atoms with van der Waals surface area (Å²) < 4.78 is -0.656. The number of rotatable bonds is 31. The first-order valence-corrected chi connectivity index (χ1v) is 29.6. The minimum absolute atomic E-state index is 0.192. The average molecular weight is 1050 g/mol. The highest BCUT2D eigenvalue weighted by Gasteiger charge is 2.39. The van der Waals surface area contributed by atoms with Gasteiger partial charge in [0.2, 0.25) is 5.91 Å². The Kier molecular flexibility index (Phi) is 21.3. The number of fused-ring (bicyclic) bond motifs is 1. The van der Waals surface area contributed by atoms with Crippen molar-refractivity contribution < 1.29 is 19.4 Å². The second-order valence-electron chi connectivity index (χ2n) is 19.9. The van der Waals surface area contributed by atoms with Crippen LogP contribution in [0.4, 0.5) is 0 Å². The van der Waals surface area contributed by atoms with Crippen LogP contribution in [0.2, 0.25) is 6.82 Å². The lowest BCUT2D eigenvalue weighted by Gasteiger charge is -2.35. The molecule has 7 aromatic carbocycles. The summed E-state index contributed by atoms with van der Waals surface area (Å²) >= 11 is 4.04. The Hall–Kier alpha value is -6.17. The van der Waals surface area contributed by atoms with Gasteiger partial charge in [-0.25, -0.2) is 0 Å². The van der Waals surface area contributed by atoms with Crippen molar-refractivity contribution in [3.63, 3.8) is 0 Å². The van der Waals surface area contributed by atoms with Crippen molar-refractivity contribution in [3.8, 4) is 0 Å². The summed E-state index contributed by atoms with van der Waals surface area (Å²) in [6.07, 6.45) is 10.2. The molecule has 392 valence electrons. The monoisotopic (exact) mass is 1050 g/mol. The summed E-state index contributed by atoms with van der Waals surface area (Å²) in [4.78, 5) is 45.5. The average Bonchev–Trinajstić information content (AvgIpc) is 3.73. The van der Waals surface area contributed by atoms with Crippen molar-refractivity contribution in [1.29, 1.82) is 0 Å². The molecule has 10 heteroatoms. The van der Waals surface area contributed by atoms with Gasteiger partial charge in [0, 0.05) is 32.6 Å². The number of imide groups is 1. The molecule has 0 saturated carbocycles. The van der Waals surface area contributed by atoms with Crippen molar-refractivity contribution in [2.24, 2.45) is 0 Å². The van der Waals surface area contributed by atoms with Crippen LogP contribution in [-0.2, 0) is 14.3 Å². The van der Waals surface area contributed by atoms with Gasteiger partial charge in [-0.15, -0.1) is 23.5 Å². The minimum Gasteiger partial charge on any atom is -0.437 e. The number of carbonyl (C=O) groups excluding carboxylic acids is 3. The fraction of sp³-hybridized carbons (Fsp3) is 0.318. The quantitative estimate of drug-likeness (QED) is 0.0201. The molecule has 0 atom stereocenters. The molecule has 1 aliphatic heterocycles. The molecule has 0 aromatic heterocycles. The zero-order valence-electron chi connectivity index (χ0n) is 44.3. The van der Waals surface area contributed by atoms with Crippen LogP contribution < -0.4 is 0 Å². The van der Waals surface area contributed by atoms with E-state index in [9.17, 15) is 19.4 Å². The van der Waals surface area contributed by atoms with Crippen LogP contribution in [0.3, 0.4) is 0 Å². The molecule has 1 aliphatic rings. The second-order valence-corrected chi connectivity index (χ2v) is 22.5. The second kappa shape index (κ2) is 28.8. The van der Waals surface area contributed by atoms with Crippen LogP contribution >= 0.6 is 23.5 Å². The van der Waals surface area contributed by atoms with Gasteiger partial charge in [0.05, 0.1) is 20.6 Å². The number of hydrogen-bond acceptors (Lipinski definition) is 7. The van der Waals surface area contributed by atoms with E-state index in [-0.39, 0.29) is 33.8 Å². The predicted molar refractivity (Wildman–Crippen MR) is 318 cm³/mol. The van der Waals surface area contributed by atoms with Crippen LogP contribution in [0.5, 0.6) is 0 Å². The number of hydrogen-bond donors (Lipinski definition) is 1. The third-order valence-electron chi connectivity index (χ3n) is 14.8. The largest absolute Gasteiger partial charge is 0.437 e. The molecular weight excluding hydrogens is 974 g/mol. The van der Waals surface area contributed by atoms with E-state index in [1.165, 1.54) is 38.3 Å². The molecule has 0 radical (unpaired) electrons. The summed E-state index contributed by atoms with van der Waals surface area (Å²) in [5.41, 5.74) is 8.55. The fourth-order valence-electron chi connectivity index (χ4n) is 10.8. The fourth-order valence-corrected chi connectivity index (χ4v) is 13.9. The maximum absolute atomic E-state index is 14.1. The Morgan fingerprint density at radius 3 is 1.09 bits per heavy atom. The van der Waals surface area contributed by atoms with Crippen LogP contribution in [0, 0.1) is 0 Å². The summed E-state index contributed by atoms with van der Waals surface area (Å²) in [6.45, 7) is 4.33. The summed E-state index contributed by atoms with van der Waals surface area (Å²) in [6, 6.07) is 72.3. The van der Waals surface area contributed by atoms with Gasteiger partial charge in [-0.05, 0) is 109 Å². The minimum atomic E-state index is -0.753. The Morgan fingerprint density at radius 1 is 0.434 bits per heavy atom. The van der Waals surface area contributed by atoms with E-state index in [0.29, 0.717) is 37.1 Å². The molecule has 0 fully saturated rings. The molecule has 3 amide bonds. The number of carbonyl (C=O) groups is 3. The number of benzene rings is 7. The Bertz CT molecular complexity index is 2480. The lowest BCUT2D eigenvalue weighted by Crippen LogP contribution is -2.44. The topological polar surface area (TPSA) is 81.2 Å². The number of amides is 3. The Morgan fingerprint density at radius 2 is 0.750 bits per heavy atom. The van der Waals surface area contributed by atoms with Gasteiger partial charge in [0.15, 0.2) is 0 Å². The van der Waals surface area contributed by atoms with E-state index in [0.717, 1.165) is 82.4 Å². The molecule has 0 bridgehead atoms. The van der Waals surface area contributed by atoms with E-state index in [4.69, 9.17) is 0 Å². The highest BCUT2D eigenvalue weighted by atomic mass is 32.2. The number of nitrogens with zero attached hydrogens (tertiary/aromatic N) is 3. The van der Waals surface area contributed by atoms with E-state index in [1.54, 1.807) is 31.1 Å². The number of thioether (sulfide) groups is 2. The molecule has 0 unspecified atom stereocenters. The molecule has 0 spiro atoms. The molecule has 76 heavy (non-hydrogen) atoms. The van der Waals surface area contributed by atoms with Crippen LogP contribution in [0.15, 0.2) is 206 Å². The first-order valence-electron chi connectivity index (χ1n) is 27.6. The van der Waals surface area contributed by atoms with Crippen molar-refractivity contribution in [3.05, 3.63) is 251 Å². The third-order valence-corrected chi connectivity index (χ3v) is 18.1. The van der Waals surface area contributed by atoms with Crippen molar-refractivity contribution in [1.82, 2.24) is 14.6 Å². The SMILES string of the molecule is CB(O)N(CCCCC(=O)N(CCCCCCSC(c1ccccc1)(c1ccccc1)c1ccccc1)CCCCCCSC(c1ccccc1)(c1ccccc1)c1ccccc1)CCN1C(=O)c2ccccc2C1=O. The maximum Gasteiger partial charge on any atom is 0.376 e. The number of unbranched alkanes of at least 4 members (excludes halogenated alkanes) is 7. The summed E-state index contributed by atoms with van der Waals surface area (Å²) in [5, 5.41) is 10.7. The molecule has 1 heterocycles. The van der Waals surface area contributed by atoms with Crippen LogP contribution in [-0.4, -0.2) is 88.6 Å². The van der Waals surface area contributed by atoms with Crippen molar-refractivity contribution >= 4 is 48.3 Å². The maximum atomic E-state index is 14.1. The van der Waals surface area contributed by atoms with Gasteiger partial charge < -0.3 is 14.7 Å². The predicted octanol–water partition coefficient (Wildman–Crippen LogP) is 14.3. The van der Waals surface area contributed by atoms with Crippen LogP contribution in [0.25, 0.3) is 0 Å². The van der Waals surface area contributed by atoms with Gasteiger partial charge in [0.1, 0.15) is 0 Å². The molecule has 1 N–H and O–H groups in total. The van der Waals surface area contributed by atoms with Gasteiger partial charge in [-0.2, -0.15) is 0 Å². The van der Waals surface area contributed by atoms with E-state index < -0.39 is 7.05 Å². The normalized spacial score (nSPS) is 12.5. The third kappa shape index (κ3) is 14.1. The zero-order chi connectivity index (χ0) is 52.8. The van der Waals surface area contributed by atoms with Gasteiger partial charge >= 0.3 is 7.05 Å². The first kappa shape index (κ1) is 56.0. The molecular formula is C66H74BN3O4S2. The molecule has 0 aliphatic carbocycles. The first-order chi connectivity index (χ1) is 37.3. The highest BCUT2D eigenvalue weighted by molar-refractivity contribution is 8.00. The standard InChI is InChI=1S/C66H74BN3O4S2/c1-67(74)69(50-51-70-63(72)60-44-24-25-45-61(60)64(70)73)49-29-26-46-62(71)68(47-27-2-4-30-52-75-65(54-32-12-6-13-33-54,55-34-14-7-15-35-55)56-36-16-8-17-37-56)48-28-3-5-31-53-76-66(57-38-18-9-19-39-57,58-40-20-10-21-41-58)59-42-22-11-23-43-59/h6-25,32-45,74H,2-5,26-31,46-53H2,1H3. The van der Waals surface area contributed by atoms with Gasteiger partial charge in [0.25, 0.3) is 11.8 Å². The smallest absolute Gasteiger partial charge is 0.376 e. The zero-order valence-corrected chi connectivity index (χ0v) is 45.9. The summed E-state index contributed by atoms with van der Waals surface area (Å²) in [5.74, 6) is 1.62. The molecule has 7 aromatic rings. The van der Waals surface area contributed by atoms with Gasteiger partial charge in [-0.1, -0.05) is 220 Å². The Labute approximate surface area is 461 Å². The van der Waals surface area contributed by atoms with Gasteiger partial charge in [-0.3, -0.25) is 19.3 Å². The van der Waals surface area contributed by atoms with E-state index >= 15 is 0 Å². The van der Waals surface area contributed by atoms with E-state index in [2.05, 4.69) is 187 Å². The van der Waals surface area contributed by atoms with Crippen molar-refractivity contribution in [2.75, 3.05) is 44.2 Å². The molecule has 8 rings (SSSR count). The van der Waals surface area contributed by atoms with E-state index in [1.807, 2.05) is 28.3 Å². The summed E-state index contributed by atoms with van der Waals surface area (Å²) in [7, 11) is -0.753. The molecule has 7 nitrogen and oxygen atoms in total. The Balaban J connectivity index is 0.855. The lowest BCUT2D eigenvalue weighted by molar-refractivity contribution is -0.131. The molecule has 0 saturated heterocycles. The van der Waals surface area contributed by atoms with Crippen LogP contribution in [0.1, 0.15) is 125 Å². The highest BCUT2D eigenvalue weighted by Crippen LogP contribution is 2.50. The van der Waals surface area contributed by atoms with Crippen molar-refractivity contribution in [2.45, 2.75) is 86.9 Å².